The summed E-state index contributed by atoms with van der Waals surface area (Å²) in [5, 5.41) is 10.5. The Balaban J connectivity index is 1.97. The molecule has 1 atom stereocenters. The van der Waals surface area contributed by atoms with E-state index in [2.05, 4.69) is 6.07 Å². The molecule has 1 aromatic carbocycles. The highest BCUT2D eigenvalue weighted by Gasteiger charge is 2.21. The molecule has 1 heterocycles. The van der Waals surface area contributed by atoms with Crippen LogP contribution in [0.5, 0.6) is 5.75 Å². The number of aliphatic hydroxyl groups is 1. The van der Waals surface area contributed by atoms with Crippen molar-refractivity contribution < 1.29 is 14.2 Å². The second kappa shape index (κ2) is 5.54. The second-order valence-corrected chi connectivity index (χ2v) is 6.26. The smallest absolute Gasteiger partial charge is 0.125 e. The van der Waals surface area contributed by atoms with Crippen LogP contribution in [0.2, 0.25) is 0 Å². The van der Waals surface area contributed by atoms with Crippen LogP contribution < -0.4 is 4.74 Å². The lowest BCUT2D eigenvalue weighted by atomic mass is 9.98. The first kappa shape index (κ1) is 13.6. The summed E-state index contributed by atoms with van der Waals surface area (Å²) in [6.07, 6.45) is 3.78. The molecule has 2 nitrogen and oxygen atoms in total. The lowest BCUT2D eigenvalue weighted by molar-refractivity contribution is 0.218. The van der Waals surface area contributed by atoms with Crippen LogP contribution in [0.4, 0.5) is 4.39 Å². The molecule has 0 saturated carbocycles. The average molecular weight is 292 g/mol. The third-order valence-electron chi connectivity index (χ3n) is 3.77. The van der Waals surface area contributed by atoms with E-state index < -0.39 is 6.10 Å². The quantitative estimate of drug-likeness (QED) is 0.931. The molecule has 0 spiro atoms. The summed E-state index contributed by atoms with van der Waals surface area (Å²) in [5.41, 5.74) is 1.83. The number of hydrogen-bond acceptors (Lipinski definition) is 3. The first-order chi connectivity index (χ1) is 9.69. The van der Waals surface area contributed by atoms with E-state index in [4.69, 9.17) is 4.74 Å². The van der Waals surface area contributed by atoms with Gasteiger partial charge in [0.2, 0.25) is 0 Å². The minimum atomic E-state index is -0.823. The maximum atomic E-state index is 13.4. The number of rotatable bonds is 3. The summed E-state index contributed by atoms with van der Waals surface area (Å²) in [7, 11) is 1.53. The number of benzene rings is 1. The van der Waals surface area contributed by atoms with Gasteiger partial charge < -0.3 is 9.84 Å². The molecule has 4 heteroatoms. The van der Waals surface area contributed by atoms with Crippen molar-refractivity contribution >= 4 is 11.3 Å². The third-order valence-corrected chi connectivity index (χ3v) is 5.06. The fourth-order valence-corrected chi connectivity index (χ4v) is 3.98. The largest absolute Gasteiger partial charge is 0.496 e. The number of aryl methyl sites for hydroxylation is 2. The first-order valence-electron chi connectivity index (χ1n) is 6.82. The van der Waals surface area contributed by atoms with Crippen molar-refractivity contribution in [2.24, 2.45) is 0 Å². The van der Waals surface area contributed by atoms with E-state index in [1.807, 2.05) is 0 Å². The van der Waals surface area contributed by atoms with Crippen molar-refractivity contribution in [1.29, 1.82) is 0 Å². The van der Waals surface area contributed by atoms with Gasteiger partial charge in [0.05, 0.1) is 7.11 Å². The van der Waals surface area contributed by atoms with E-state index >= 15 is 0 Å². The molecule has 0 fully saturated rings. The van der Waals surface area contributed by atoms with E-state index in [0.29, 0.717) is 11.3 Å². The van der Waals surface area contributed by atoms with Gasteiger partial charge in [-0.1, -0.05) is 0 Å². The summed E-state index contributed by atoms with van der Waals surface area (Å²) >= 11 is 1.64. The summed E-state index contributed by atoms with van der Waals surface area (Å²) in [6, 6.07) is 6.31. The van der Waals surface area contributed by atoms with Gasteiger partial charge in [0.25, 0.3) is 0 Å². The van der Waals surface area contributed by atoms with Gasteiger partial charge in [-0.2, -0.15) is 0 Å². The first-order valence-corrected chi connectivity index (χ1v) is 7.63. The summed E-state index contributed by atoms with van der Waals surface area (Å²) in [5.74, 6) is 0.159. The van der Waals surface area contributed by atoms with Crippen LogP contribution in [-0.4, -0.2) is 12.2 Å². The Kier molecular flexibility index (Phi) is 3.76. The van der Waals surface area contributed by atoms with Gasteiger partial charge in [0.15, 0.2) is 0 Å². The molecule has 1 aliphatic rings. The lowest BCUT2D eigenvalue weighted by Gasteiger charge is -2.13. The summed E-state index contributed by atoms with van der Waals surface area (Å²) in [4.78, 5) is 2.24. The predicted molar refractivity (Wildman–Crippen MR) is 78.0 cm³/mol. The van der Waals surface area contributed by atoms with E-state index in [0.717, 1.165) is 17.7 Å². The van der Waals surface area contributed by atoms with Gasteiger partial charge in [-0.3, -0.25) is 0 Å². The molecule has 0 bridgehead atoms. The number of aliphatic hydroxyl groups excluding tert-OH is 1. The Morgan fingerprint density at radius 2 is 2.05 bits per heavy atom. The normalized spacial score (nSPS) is 15.8. The Morgan fingerprint density at radius 3 is 2.80 bits per heavy atom. The molecule has 0 radical (unpaired) electrons. The monoisotopic (exact) mass is 292 g/mol. The minimum Gasteiger partial charge on any atom is -0.496 e. The number of thiophene rings is 1. The van der Waals surface area contributed by atoms with Crippen LogP contribution in [0, 0.1) is 5.82 Å². The van der Waals surface area contributed by atoms with Crippen molar-refractivity contribution in [1.82, 2.24) is 0 Å². The molecule has 1 aromatic heterocycles. The number of methoxy groups -OCH3 is 1. The molecule has 1 N–H and O–H groups in total. The minimum absolute atomic E-state index is 0.360. The lowest BCUT2D eigenvalue weighted by Crippen LogP contribution is -2.01. The van der Waals surface area contributed by atoms with Crippen LogP contribution >= 0.6 is 11.3 Å². The zero-order valence-electron chi connectivity index (χ0n) is 11.4. The Morgan fingerprint density at radius 1 is 1.25 bits per heavy atom. The molecule has 0 saturated heterocycles. The molecule has 20 heavy (non-hydrogen) atoms. The number of halogens is 1. The highest BCUT2D eigenvalue weighted by molar-refractivity contribution is 7.12. The third kappa shape index (κ3) is 2.45. The average Bonchev–Trinajstić information content (AvgIpc) is 2.90. The van der Waals surface area contributed by atoms with Crippen LogP contribution in [0.1, 0.15) is 39.8 Å². The number of ether oxygens (including phenoxy) is 1. The molecule has 106 valence electrons. The molecule has 0 aliphatic heterocycles. The maximum absolute atomic E-state index is 13.4. The fourth-order valence-electron chi connectivity index (χ4n) is 2.72. The van der Waals surface area contributed by atoms with Crippen molar-refractivity contribution in [3.05, 3.63) is 51.0 Å². The number of hydrogen-bond donors (Lipinski definition) is 1. The van der Waals surface area contributed by atoms with Crippen molar-refractivity contribution in [3.8, 4) is 5.75 Å². The second-order valence-electron chi connectivity index (χ2n) is 5.09. The van der Waals surface area contributed by atoms with Crippen molar-refractivity contribution in [2.45, 2.75) is 31.8 Å². The Labute approximate surface area is 121 Å². The topological polar surface area (TPSA) is 29.5 Å². The highest BCUT2D eigenvalue weighted by Crippen LogP contribution is 2.38. The molecule has 0 amide bonds. The molecular formula is C16H17FO2S. The molecule has 2 aromatic rings. The zero-order valence-corrected chi connectivity index (χ0v) is 12.2. The fraction of sp³-hybridized carbons (Fsp3) is 0.375. The zero-order chi connectivity index (χ0) is 14.1. The molecule has 1 aliphatic carbocycles. The van der Waals surface area contributed by atoms with E-state index in [1.165, 1.54) is 42.5 Å². The van der Waals surface area contributed by atoms with Crippen molar-refractivity contribution in [3.63, 3.8) is 0 Å². The Hall–Kier alpha value is -1.39. The standard InChI is InChI=1S/C16H17FO2S/c1-19-13-7-6-11(17)9-12(13)16(18)15-8-10-4-2-3-5-14(10)20-15/h6-9,16,18H,2-5H2,1H3. The highest BCUT2D eigenvalue weighted by atomic mass is 32.1. The molecule has 1 unspecified atom stereocenters. The van der Waals surface area contributed by atoms with E-state index in [9.17, 15) is 9.50 Å². The SMILES string of the molecule is COc1ccc(F)cc1C(O)c1cc2c(s1)CCCC2. The van der Waals surface area contributed by atoms with Crippen LogP contribution in [0.3, 0.4) is 0 Å². The molecule has 3 rings (SSSR count). The van der Waals surface area contributed by atoms with Gasteiger partial charge in [0, 0.05) is 15.3 Å². The van der Waals surface area contributed by atoms with Gasteiger partial charge in [-0.05, 0) is 55.5 Å². The number of fused-ring (bicyclic) bond motifs is 1. The molecular weight excluding hydrogens is 275 g/mol. The maximum Gasteiger partial charge on any atom is 0.125 e. The van der Waals surface area contributed by atoms with Crippen molar-refractivity contribution in [2.75, 3.05) is 7.11 Å². The van der Waals surface area contributed by atoms with E-state index in [1.54, 1.807) is 17.4 Å². The van der Waals surface area contributed by atoms with Crippen LogP contribution in [0.25, 0.3) is 0 Å². The van der Waals surface area contributed by atoms with Gasteiger partial charge in [0.1, 0.15) is 17.7 Å². The summed E-state index contributed by atoms with van der Waals surface area (Å²) < 4.78 is 18.6. The van der Waals surface area contributed by atoms with Crippen LogP contribution in [0.15, 0.2) is 24.3 Å². The predicted octanol–water partition coefficient (Wildman–Crippen LogP) is 3.86. The van der Waals surface area contributed by atoms with Gasteiger partial charge >= 0.3 is 0 Å². The van der Waals surface area contributed by atoms with Crippen LogP contribution in [-0.2, 0) is 12.8 Å². The van der Waals surface area contributed by atoms with Gasteiger partial charge in [-0.15, -0.1) is 11.3 Å². The van der Waals surface area contributed by atoms with Gasteiger partial charge in [-0.25, -0.2) is 4.39 Å². The Bertz CT molecular complexity index is 597. The summed E-state index contributed by atoms with van der Waals surface area (Å²) in [6.45, 7) is 0. The van der Waals surface area contributed by atoms with E-state index in [-0.39, 0.29) is 5.82 Å².